The zero-order valence-electron chi connectivity index (χ0n) is 33.4. The molecule has 0 fully saturated rings. The van der Waals surface area contributed by atoms with E-state index in [1.165, 1.54) is 83.3 Å². The first-order valence-electron chi connectivity index (χ1n) is 21.3. The number of rotatable bonds is 7. The summed E-state index contributed by atoms with van der Waals surface area (Å²) in [4.78, 5) is 4.88. The highest BCUT2D eigenvalue weighted by atomic mass is 15.1. The monoisotopic (exact) mass is 769 g/mol. The Morgan fingerprint density at radius 3 is 1.42 bits per heavy atom. The van der Waals surface area contributed by atoms with Crippen molar-refractivity contribution in [2.45, 2.75) is 31.1 Å². The molecule has 0 saturated heterocycles. The standard InChI is InChI=1S/C57H43N3/c1-5-16-43(17-6-1)58(44-18-7-2-8-19-44)48-28-25-41-33-35-57(52(41)38-48)36-34-42-26-29-49(39-53(42)57)59(45-20-9-3-10-21-45)47-30-32-54-51(37-47)56-50-24-14-13-15-40(50)27-31-55(56)60(54)46-22-11-4-12-23-46/h1-32,37-39H,33-36H2/t57-/m1/s1. The Balaban J connectivity index is 1.03. The van der Waals surface area contributed by atoms with E-state index < -0.39 is 0 Å². The van der Waals surface area contributed by atoms with E-state index in [2.05, 4.69) is 227 Å². The molecule has 0 unspecified atom stereocenters. The van der Waals surface area contributed by atoms with Gasteiger partial charge in [0.25, 0.3) is 0 Å². The normalized spacial score (nSPS) is 15.5. The van der Waals surface area contributed by atoms with E-state index >= 15 is 0 Å². The Kier molecular flexibility index (Phi) is 8.02. The van der Waals surface area contributed by atoms with E-state index in [-0.39, 0.29) is 5.41 Å². The van der Waals surface area contributed by atoms with Gasteiger partial charge >= 0.3 is 0 Å². The predicted molar refractivity (Wildman–Crippen MR) is 252 cm³/mol. The lowest BCUT2D eigenvalue weighted by Crippen LogP contribution is -2.22. The zero-order valence-corrected chi connectivity index (χ0v) is 33.4. The van der Waals surface area contributed by atoms with Crippen LogP contribution >= 0.6 is 0 Å². The SMILES string of the molecule is c1ccc(N(c2ccccc2)c2ccc3c(c2)[C@@]2(CC3)CCc3ccc(N(c4ccccc4)c4ccc5c(c4)c4c6ccccc6ccc4n5-c4ccccc4)cc32)cc1. The molecule has 0 amide bonds. The highest BCUT2D eigenvalue weighted by Crippen LogP contribution is 2.55. The molecule has 1 spiro atoms. The van der Waals surface area contributed by atoms with Gasteiger partial charge in [-0.2, -0.15) is 0 Å². The third-order valence-electron chi connectivity index (χ3n) is 13.3. The largest absolute Gasteiger partial charge is 0.310 e. The Morgan fingerprint density at radius 1 is 0.367 bits per heavy atom. The molecule has 9 aromatic carbocycles. The lowest BCUT2D eigenvalue weighted by atomic mass is 9.76. The van der Waals surface area contributed by atoms with Crippen molar-refractivity contribution in [2.24, 2.45) is 0 Å². The third kappa shape index (κ3) is 5.43. The molecule has 2 aliphatic carbocycles. The highest BCUT2D eigenvalue weighted by Gasteiger charge is 2.45. The van der Waals surface area contributed by atoms with Gasteiger partial charge in [0.15, 0.2) is 0 Å². The first-order chi connectivity index (χ1) is 29.7. The van der Waals surface area contributed by atoms with Gasteiger partial charge in [0, 0.05) is 56.0 Å². The molecule has 0 bridgehead atoms. The van der Waals surface area contributed by atoms with Crippen LogP contribution in [0.4, 0.5) is 34.1 Å². The molecule has 1 aromatic heterocycles. The number of aryl methyl sites for hydroxylation is 2. The number of nitrogens with zero attached hydrogens (tertiary/aromatic N) is 3. The maximum atomic E-state index is 2.54. The minimum atomic E-state index is -0.0376. The van der Waals surface area contributed by atoms with Gasteiger partial charge < -0.3 is 14.4 Å². The number of benzene rings is 9. The molecular weight excluding hydrogens is 727 g/mol. The van der Waals surface area contributed by atoms with Crippen LogP contribution in [0.1, 0.15) is 35.1 Å². The van der Waals surface area contributed by atoms with Crippen LogP contribution in [0.15, 0.2) is 212 Å². The van der Waals surface area contributed by atoms with Gasteiger partial charge in [-0.25, -0.2) is 0 Å². The van der Waals surface area contributed by atoms with Crippen LogP contribution in [0.25, 0.3) is 38.3 Å². The Labute approximate surface area is 351 Å². The lowest BCUT2D eigenvalue weighted by Gasteiger charge is -2.31. The molecule has 2 aliphatic rings. The molecule has 60 heavy (non-hydrogen) atoms. The molecule has 1 heterocycles. The second-order valence-corrected chi connectivity index (χ2v) is 16.5. The number of para-hydroxylation sites is 4. The summed E-state index contributed by atoms with van der Waals surface area (Å²) in [5, 5.41) is 5.06. The fourth-order valence-corrected chi connectivity index (χ4v) is 10.6. The van der Waals surface area contributed by atoms with Crippen LogP contribution in [-0.4, -0.2) is 4.57 Å². The highest BCUT2D eigenvalue weighted by molar-refractivity contribution is 6.22. The van der Waals surface area contributed by atoms with Crippen molar-refractivity contribution < 1.29 is 0 Å². The molecule has 0 N–H and O–H groups in total. The Bertz CT molecular complexity index is 3160. The average molecular weight is 770 g/mol. The molecule has 0 radical (unpaired) electrons. The molecule has 286 valence electrons. The van der Waals surface area contributed by atoms with Crippen molar-refractivity contribution in [3.63, 3.8) is 0 Å². The summed E-state index contributed by atoms with van der Waals surface area (Å²) in [7, 11) is 0. The van der Waals surface area contributed by atoms with Crippen LogP contribution < -0.4 is 9.80 Å². The molecule has 1 atom stereocenters. The van der Waals surface area contributed by atoms with Gasteiger partial charge in [-0.1, -0.05) is 115 Å². The summed E-state index contributed by atoms with van der Waals surface area (Å²) in [6.45, 7) is 0. The maximum absolute atomic E-state index is 2.54. The smallest absolute Gasteiger partial charge is 0.0547 e. The summed E-state index contributed by atoms with van der Waals surface area (Å²) in [5.74, 6) is 0. The van der Waals surface area contributed by atoms with Gasteiger partial charge in [0.2, 0.25) is 0 Å². The van der Waals surface area contributed by atoms with Crippen molar-refractivity contribution in [3.8, 4) is 5.69 Å². The summed E-state index contributed by atoms with van der Waals surface area (Å²) >= 11 is 0. The average Bonchev–Trinajstić information content (AvgIpc) is 3.99. The van der Waals surface area contributed by atoms with Crippen molar-refractivity contribution >= 4 is 66.7 Å². The predicted octanol–water partition coefficient (Wildman–Crippen LogP) is 15.1. The summed E-state index contributed by atoms with van der Waals surface area (Å²) in [6.07, 6.45) is 4.43. The summed E-state index contributed by atoms with van der Waals surface area (Å²) in [5.41, 5.74) is 16.5. The number of hydrogen-bond acceptors (Lipinski definition) is 2. The van der Waals surface area contributed by atoms with E-state index in [0.717, 1.165) is 37.1 Å². The van der Waals surface area contributed by atoms with Crippen molar-refractivity contribution in [1.82, 2.24) is 4.57 Å². The van der Waals surface area contributed by atoms with Gasteiger partial charge in [-0.3, -0.25) is 0 Å². The molecule has 3 heteroatoms. The molecule has 0 saturated carbocycles. The molecule has 0 aliphatic heterocycles. The first kappa shape index (κ1) is 34.7. The van der Waals surface area contributed by atoms with Gasteiger partial charge in [0.1, 0.15) is 0 Å². The number of hydrogen-bond donors (Lipinski definition) is 0. The van der Waals surface area contributed by atoms with Crippen molar-refractivity contribution in [3.05, 3.63) is 235 Å². The number of anilines is 6. The van der Waals surface area contributed by atoms with Gasteiger partial charge in [0.05, 0.1) is 11.0 Å². The topological polar surface area (TPSA) is 11.4 Å². The first-order valence-corrected chi connectivity index (χ1v) is 21.3. The second-order valence-electron chi connectivity index (χ2n) is 16.5. The lowest BCUT2D eigenvalue weighted by molar-refractivity contribution is 0.507. The number of aromatic nitrogens is 1. The fraction of sp³-hybridized carbons (Fsp3) is 0.0877. The Hall–Kier alpha value is -7.36. The van der Waals surface area contributed by atoms with Crippen LogP contribution in [0, 0.1) is 0 Å². The van der Waals surface area contributed by atoms with Crippen LogP contribution in [0.3, 0.4) is 0 Å². The van der Waals surface area contributed by atoms with E-state index in [4.69, 9.17) is 0 Å². The third-order valence-corrected chi connectivity index (χ3v) is 13.3. The minimum Gasteiger partial charge on any atom is -0.310 e. The van der Waals surface area contributed by atoms with E-state index in [0.29, 0.717) is 0 Å². The zero-order chi connectivity index (χ0) is 39.6. The number of fused-ring (bicyclic) bond motifs is 9. The van der Waals surface area contributed by atoms with E-state index in [1.807, 2.05) is 0 Å². The van der Waals surface area contributed by atoms with E-state index in [1.54, 1.807) is 0 Å². The van der Waals surface area contributed by atoms with Gasteiger partial charge in [-0.05, 0) is 156 Å². The van der Waals surface area contributed by atoms with Crippen LogP contribution in [0.2, 0.25) is 0 Å². The maximum Gasteiger partial charge on any atom is 0.0547 e. The van der Waals surface area contributed by atoms with Gasteiger partial charge in [-0.15, -0.1) is 0 Å². The summed E-state index contributed by atoms with van der Waals surface area (Å²) < 4.78 is 2.43. The second kappa shape index (κ2) is 13.9. The van der Waals surface area contributed by atoms with Crippen LogP contribution in [0.5, 0.6) is 0 Å². The molecule has 3 nitrogen and oxygen atoms in total. The van der Waals surface area contributed by atoms with E-state index in [9.17, 15) is 0 Å². The quantitative estimate of drug-likeness (QED) is 0.160. The van der Waals surface area contributed by atoms with Crippen LogP contribution in [-0.2, 0) is 18.3 Å². The van der Waals surface area contributed by atoms with Crippen molar-refractivity contribution in [1.29, 1.82) is 0 Å². The Morgan fingerprint density at radius 2 is 0.833 bits per heavy atom. The molecule has 10 aromatic rings. The minimum absolute atomic E-state index is 0.0376. The molecule has 12 rings (SSSR count). The molecular formula is C57H43N3. The van der Waals surface area contributed by atoms with Crippen molar-refractivity contribution in [2.75, 3.05) is 9.80 Å². The fourth-order valence-electron chi connectivity index (χ4n) is 10.6. The summed E-state index contributed by atoms with van der Waals surface area (Å²) in [6, 6.07) is 78.3.